The van der Waals surface area contributed by atoms with Gasteiger partial charge in [0, 0.05) is 31.0 Å². The number of nitrogens with zero attached hydrogens (tertiary/aromatic N) is 2. The molecule has 2 rings (SSSR count). The molecule has 1 atom stereocenters. The molecule has 1 aromatic rings. The molecule has 1 aliphatic rings. The Hall–Kier alpha value is -1.62. The summed E-state index contributed by atoms with van der Waals surface area (Å²) < 4.78 is 0. The average molecular weight is 248 g/mol. The van der Waals surface area contributed by atoms with Gasteiger partial charge in [-0.25, -0.2) is 0 Å². The first kappa shape index (κ1) is 12.8. The third-order valence-electron chi connectivity index (χ3n) is 3.35. The van der Waals surface area contributed by atoms with Crippen LogP contribution in [-0.2, 0) is 0 Å². The van der Waals surface area contributed by atoms with E-state index in [-0.39, 0.29) is 0 Å². The van der Waals surface area contributed by atoms with Crippen molar-refractivity contribution in [2.24, 2.45) is 5.73 Å². The summed E-state index contributed by atoms with van der Waals surface area (Å²) in [5.74, 6) is -0.480. The van der Waals surface area contributed by atoms with E-state index >= 15 is 0 Å². The van der Waals surface area contributed by atoms with Gasteiger partial charge < -0.3 is 16.0 Å². The molecular formula is C13H20N4O. The number of likely N-dealkylation sites (N-methyl/N-ethyl adjacent to an activating group) is 1. The van der Waals surface area contributed by atoms with Crippen LogP contribution in [0.2, 0.25) is 0 Å². The van der Waals surface area contributed by atoms with Crippen LogP contribution in [0.5, 0.6) is 0 Å². The Bertz CT molecular complexity index is 415. The minimum absolute atomic E-state index is 0.324. The van der Waals surface area contributed by atoms with Gasteiger partial charge in [-0.15, -0.1) is 0 Å². The van der Waals surface area contributed by atoms with Crippen LogP contribution in [0.25, 0.3) is 0 Å². The molecule has 0 radical (unpaired) electrons. The van der Waals surface area contributed by atoms with Gasteiger partial charge in [-0.05, 0) is 38.4 Å². The minimum Gasteiger partial charge on any atom is -0.370 e. The zero-order chi connectivity index (χ0) is 13.0. The van der Waals surface area contributed by atoms with Gasteiger partial charge in [0.05, 0.1) is 0 Å². The zero-order valence-electron chi connectivity index (χ0n) is 10.7. The standard InChI is InChI=1S/C13H20N4O/c1-2-17(9-10-4-3-6-15-10)11-5-7-16-12(8-11)13(14)18/h5,7-8,10,15H,2-4,6,9H2,1H3,(H2,14,18). The lowest BCUT2D eigenvalue weighted by Crippen LogP contribution is -2.37. The number of carbonyl (C=O) groups excluding carboxylic acids is 1. The van der Waals surface area contributed by atoms with Crippen molar-refractivity contribution in [3.05, 3.63) is 24.0 Å². The van der Waals surface area contributed by atoms with Crippen molar-refractivity contribution >= 4 is 11.6 Å². The Morgan fingerprint density at radius 3 is 3.11 bits per heavy atom. The van der Waals surface area contributed by atoms with Crippen molar-refractivity contribution in [3.63, 3.8) is 0 Å². The van der Waals surface area contributed by atoms with Crippen LogP contribution in [0, 0.1) is 0 Å². The zero-order valence-corrected chi connectivity index (χ0v) is 10.7. The Balaban J connectivity index is 2.10. The summed E-state index contributed by atoms with van der Waals surface area (Å²) in [6.45, 7) is 5.07. The Morgan fingerprint density at radius 2 is 2.50 bits per heavy atom. The quantitative estimate of drug-likeness (QED) is 0.807. The molecule has 5 heteroatoms. The number of hydrogen-bond donors (Lipinski definition) is 2. The van der Waals surface area contributed by atoms with Crippen molar-refractivity contribution in [3.8, 4) is 0 Å². The maximum absolute atomic E-state index is 11.1. The lowest BCUT2D eigenvalue weighted by molar-refractivity contribution is 0.0995. The molecule has 0 saturated carbocycles. The predicted molar refractivity (Wildman–Crippen MR) is 71.7 cm³/mol. The van der Waals surface area contributed by atoms with Gasteiger partial charge in [-0.2, -0.15) is 0 Å². The molecule has 1 aliphatic heterocycles. The molecule has 1 aromatic heterocycles. The van der Waals surface area contributed by atoms with Gasteiger partial charge in [0.25, 0.3) is 5.91 Å². The number of aromatic nitrogens is 1. The van der Waals surface area contributed by atoms with Crippen LogP contribution in [0.1, 0.15) is 30.3 Å². The second kappa shape index (κ2) is 5.82. The van der Waals surface area contributed by atoms with Gasteiger partial charge in [0.15, 0.2) is 0 Å². The van der Waals surface area contributed by atoms with E-state index in [0.29, 0.717) is 11.7 Å². The molecule has 5 nitrogen and oxygen atoms in total. The number of amides is 1. The molecule has 1 saturated heterocycles. The fraction of sp³-hybridized carbons (Fsp3) is 0.538. The largest absolute Gasteiger partial charge is 0.370 e. The van der Waals surface area contributed by atoms with E-state index in [9.17, 15) is 4.79 Å². The molecule has 0 spiro atoms. The highest BCUT2D eigenvalue weighted by molar-refractivity contribution is 5.91. The molecule has 1 fully saturated rings. The van der Waals surface area contributed by atoms with Crippen LogP contribution < -0.4 is 16.0 Å². The topological polar surface area (TPSA) is 71.2 Å². The van der Waals surface area contributed by atoms with E-state index in [4.69, 9.17) is 5.73 Å². The van der Waals surface area contributed by atoms with Crippen LogP contribution in [0.15, 0.2) is 18.3 Å². The first-order chi connectivity index (χ1) is 8.70. The highest BCUT2D eigenvalue weighted by Gasteiger charge is 2.17. The average Bonchev–Trinajstić information content (AvgIpc) is 2.89. The highest BCUT2D eigenvalue weighted by Crippen LogP contribution is 2.16. The third kappa shape index (κ3) is 2.98. The Labute approximate surface area is 107 Å². The van der Waals surface area contributed by atoms with E-state index in [1.165, 1.54) is 12.8 Å². The second-order valence-electron chi connectivity index (χ2n) is 4.60. The number of primary amides is 1. The minimum atomic E-state index is -0.480. The van der Waals surface area contributed by atoms with Gasteiger partial charge in [-0.1, -0.05) is 0 Å². The van der Waals surface area contributed by atoms with E-state index in [2.05, 4.69) is 22.1 Å². The van der Waals surface area contributed by atoms with Crippen LogP contribution in [0.4, 0.5) is 5.69 Å². The molecule has 0 bridgehead atoms. The molecule has 3 N–H and O–H groups in total. The molecule has 1 amide bonds. The lowest BCUT2D eigenvalue weighted by Gasteiger charge is -2.26. The summed E-state index contributed by atoms with van der Waals surface area (Å²) in [7, 11) is 0. The summed E-state index contributed by atoms with van der Waals surface area (Å²) >= 11 is 0. The number of hydrogen-bond acceptors (Lipinski definition) is 4. The number of carbonyl (C=O) groups is 1. The summed E-state index contributed by atoms with van der Waals surface area (Å²) in [5.41, 5.74) is 6.59. The van der Waals surface area contributed by atoms with Crippen molar-refractivity contribution < 1.29 is 4.79 Å². The van der Waals surface area contributed by atoms with E-state index < -0.39 is 5.91 Å². The van der Waals surface area contributed by atoms with Crippen molar-refractivity contribution in [2.45, 2.75) is 25.8 Å². The maximum atomic E-state index is 11.1. The van der Waals surface area contributed by atoms with E-state index in [0.717, 1.165) is 25.3 Å². The summed E-state index contributed by atoms with van der Waals surface area (Å²) in [4.78, 5) is 17.4. The van der Waals surface area contributed by atoms with Gasteiger partial charge in [-0.3, -0.25) is 9.78 Å². The van der Waals surface area contributed by atoms with E-state index in [1.54, 1.807) is 12.3 Å². The Morgan fingerprint density at radius 1 is 1.67 bits per heavy atom. The second-order valence-corrected chi connectivity index (χ2v) is 4.60. The molecule has 98 valence electrons. The fourth-order valence-electron chi connectivity index (χ4n) is 2.35. The molecule has 0 aliphatic carbocycles. The van der Waals surface area contributed by atoms with Crippen molar-refractivity contribution in [1.82, 2.24) is 10.3 Å². The number of nitrogens with one attached hydrogen (secondary N) is 1. The van der Waals surface area contributed by atoms with Gasteiger partial charge in [0.2, 0.25) is 0 Å². The molecule has 2 heterocycles. The predicted octanol–water partition coefficient (Wildman–Crippen LogP) is 0.759. The highest BCUT2D eigenvalue weighted by atomic mass is 16.1. The normalized spacial score (nSPS) is 18.8. The van der Waals surface area contributed by atoms with Crippen LogP contribution in [0.3, 0.4) is 0 Å². The first-order valence-corrected chi connectivity index (χ1v) is 6.45. The van der Waals surface area contributed by atoms with Crippen molar-refractivity contribution in [1.29, 1.82) is 0 Å². The SMILES string of the molecule is CCN(CC1CCCN1)c1ccnc(C(N)=O)c1. The van der Waals surface area contributed by atoms with Crippen LogP contribution in [-0.4, -0.2) is 36.6 Å². The fourth-order valence-corrected chi connectivity index (χ4v) is 2.35. The molecule has 18 heavy (non-hydrogen) atoms. The third-order valence-corrected chi connectivity index (χ3v) is 3.35. The molecule has 0 aromatic carbocycles. The maximum Gasteiger partial charge on any atom is 0.267 e. The van der Waals surface area contributed by atoms with Gasteiger partial charge in [0.1, 0.15) is 5.69 Å². The first-order valence-electron chi connectivity index (χ1n) is 6.45. The monoisotopic (exact) mass is 248 g/mol. The smallest absolute Gasteiger partial charge is 0.267 e. The number of pyridine rings is 1. The number of nitrogens with two attached hydrogens (primary N) is 1. The number of rotatable bonds is 5. The molecular weight excluding hydrogens is 228 g/mol. The molecule has 1 unspecified atom stereocenters. The number of anilines is 1. The summed E-state index contributed by atoms with van der Waals surface area (Å²) in [5, 5.41) is 3.48. The Kier molecular flexibility index (Phi) is 4.15. The summed E-state index contributed by atoms with van der Waals surface area (Å²) in [6, 6.07) is 4.22. The van der Waals surface area contributed by atoms with Gasteiger partial charge >= 0.3 is 0 Å². The van der Waals surface area contributed by atoms with Crippen LogP contribution >= 0.6 is 0 Å². The lowest BCUT2D eigenvalue weighted by atomic mass is 10.2. The van der Waals surface area contributed by atoms with Crippen molar-refractivity contribution in [2.75, 3.05) is 24.5 Å². The summed E-state index contributed by atoms with van der Waals surface area (Å²) in [6.07, 6.45) is 4.09. The van der Waals surface area contributed by atoms with E-state index in [1.807, 2.05) is 6.07 Å².